The minimum Gasteiger partial charge on any atom is -0.323 e. The van der Waals surface area contributed by atoms with Gasteiger partial charge in [-0.15, -0.1) is 10.2 Å². The molecule has 0 fully saturated rings. The number of aromatic nitrogens is 3. The first-order chi connectivity index (χ1) is 19.2. The van der Waals surface area contributed by atoms with Gasteiger partial charge in [0.05, 0.1) is 16.3 Å². The van der Waals surface area contributed by atoms with E-state index in [1.807, 2.05) is 34.9 Å². The smallest absolute Gasteiger partial charge is 0.243 e. The van der Waals surface area contributed by atoms with Crippen molar-refractivity contribution in [3.63, 3.8) is 0 Å². The van der Waals surface area contributed by atoms with E-state index in [0.717, 1.165) is 35.5 Å². The summed E-state index contributed by atoms with van der Waals surface area (Å²) in [6.45, 7) is 4.72. The van der Waals surface area contributed by atoms with Crippen LogP contribution in [0.2, 0.25) is 0 Å². The second-order valence-electron chi connectivity index (χ2n) is 8.77. The molecule has 0 aliphatic rings. The highest BCUT2D eigenvalue weighted by atomic mass is 32.2. The molecule has 0 unspecified atom stereocenters. The largest absolute Gasteiger partial charge is 0.323 e. The number of hydrogen-bond donors (Lipinski definition) is 1. The maximum Gasteiger partial charge on any atom is 0.243 e. The standard InChI is InChI=1S/C28H29F2N5O3S2/c1-3-34(4-2)40(37,38)23-12-8-11-21(17-23)27-32-33-28(35(27)16-15-20-9-6-5-7-10-20)39-19-26(36)31-25-18-22(29)13-14-24(25)30/h5-14,17-18H,3-4,15-16,19H2,1-2H3,(H,31,36). The molecular weight excluding hydrogens is 556 g/mol. The fraction of sp³-hybridized carbons (Fsp3) is 0.250. The summed E-state index contributed by atoms with van der Waals surface area (Å²) in [6, 6.07) is 19.2. The summed E-state index contributed by atoms with van der Waals surface area (Å²) in [4.78, 5) is 12.7. The lowest BCUT2D eigenvalue weighted by atomic mass is 10.1. The van der Waals surface area contributed by atoms with E-state index >= 15 is 0 Å². The van der Waals surface area contributed by atoms with Gasteiger partial charge in [0.15, 0.2) is 11.0 Å². The second kappa shape index (κ2) is 13.2. The third-order valence-corrected chi connectivity index (χ3v) is 9.17. The van der Waals surface area contributed by atoms with Crippen molar-refractivity contribution in [3.05, 3.63) is 90.0 Å². The highest BCUT2D eigenvalue weighted by Crippen LogP contribution is 2.28. The Morgan fingerprint density at radius 3 is 2.45 bits per heavy atom. The van der Waals surface area contributed by atoms with Crippen LogP contribution < -0.4 is 5.32 Å². The number of sulfonamides is 1. The van der Waals surface area contributed by atoms with E-state index < -0.39 is 27.6 Å². The third kappa shape index (κ3) is 6.93. The lowest BCUT2D eigenvalue weighted by Gasteiger charge is -2.19. The van der Waals surface area contributed by atoms with Crippen molar-refractivity contribution < 1.29 is 22.0 Å². The predicted molar refractivity (Wildman–Crippen MR) is 151 cm³/mol. The number of nitrogens with one attached hydrogen (secondary N) is 1. The van der Waals surface area contributed by atoms with Crippen molar-refractivity contribution in [2.45, 2.75) is 36.9 Å². The van der Waals surface area contributed by atoms with Gasteiger partial charge in [0, 0.05) is 31.3 Å². The van der Waals surface area contributed by atoms with Crippen LogP contribution in [-0.2, 0) is 27.8 Å². The molecular formula is C28H29F2N5O3S2. The monoisotopic (exact) mass is 585 g/mol. The zero-order chi connectivity index (χ0) is 28.7. The van der Waals surface area contributed by atoms with Crippen LogP contribution in [0.3, 0.4) is 0 Å². The number of anilines is 1. The van der Waals surface area contributed by atoms with Crippen molar-refractivity contribution in [2.24, 2.45) is 0 Å². The first-order valence-corrected chi connectivity index (χ1v) is 15.1. The number of amides is 1. The summed E-state index contributed by atoms with van der Waals surface area (Å²) < 4.78 is 56.9. The topological polar surface area (TPSA) is 97.2 Å². The normalized spacial score (nSPS) is 11.6. The number of carbonyl (C=O) groups is 1. The second-order valence-corrected chi connectivity index (χ2v) is 11.7. The number of rotatable bonds is 12. The van der Waals surface area contributed by atoms with E-state index in [4.69, 9.17) is 0 Å². The molecule has 8 nitrogen and oxygen atoms in total. The SMILES string of the molecule is CCN(CC)S(=O)(=O)c1cccc(-c2nnc(SCC(=O)Nc3cc(F)ccc3F)n2CCc2ccccc2)c1. The first kappa shape index (κ1) is 29.4. The van der Waals surface area contributed by atoms with Crippen LogP contribution in [0.15, 0.2) is 82.8 Å². The third-order valence-electron chi connectivity index (χ3n) is 6.15. The Kier molecular flexibility index (Phi) is 9.67. The van der Waals surface area contributed by atoms with Gasteiger partial charge in [-0.1, -0.05) is 68.1 Å². The number of hydrogen-bond acceptors (Lipinski definition) is 6. The molecule has 0 atom stereocenters. The Labute approximate surface area is 236 Å². The van der Waals surface area contributed by atoms with Gasteiger partial charge in [0.2, 0.25) is 15.9 Å². The zero-order valence-electron chi connectivity index (χ0n) is 22.0. The number of benzene rings is 3. The Morgan fingerprint density at radius 1 is 0.975 bits per heavy atom. The summed E-state index contributed by atoms with van der Waals surface area (Å²) >= 11 is 1.09. The van der Waals surface area contributed by atoms with Crippen LogP contribution in [0.25, 0.3) is 11.4 Å². The molecule has 3 aromatic carbocycles. The lowest BCUT2D eigenvalue weighted by Crippen LogP contribution is -2.30. The molecule has 0 aliphatic heterocycles. The van der Waals surface area contributed by atoms with Crippen LogP contribution in [-0.4, -0.2) is 52.2 Å². The van der Waals surface area contributed by atoms with Gasteiger partial charge in [-0.2, -0.15) is 4.31 Å². The van der Waals surface area contributed by atoms with E-state index in [-0.39, 0.29) is 16.3 Å². The molecule has 1 amide bonds. The van der Waals surface area contributed by atoms with Gasteiger partial charge >= 0.3 is 0 Å². The van der Waals surface area contributed by atoms with Gasteiger partial charge in [0.25, 0.3) is 0 Å². The zero-order valence-corrected chi connectivity index (χ0v) is 23.7. The average Bonchev–Trinajstić information content (AvgIpc) is 3.36. The fourth-order valence-electron chi connectivity index (χ4n) is 4.11. The number of carbonyl (C=O) groups excluding carboxylic acids is 1. The number of aryl methyl sites for hydroxylation is 1. The Balaban J connectivity index is 1.61. The summed E-state index contributed by atoms with van der Waals surface area (Å²) in [5.74, 6) is -1.63. The van der Waals surface area contributed by atoms with Crippen LogP contribution in [0.1, 0.15) is 19.4 Å². The molecule has 0 saturated carbocycles. The Bertz CT molecular complexity index is 1580. The van der Waals surface area contributed by atoms with E-state index in [2.05, 4.69) is 15.5 Å². The number of halogens is 2. The number of thioether (sulfide) groups is 1. The van der Waals surface area contributed by atoms with Gasteiger partial charge in [0.1, 0.15) is 11.6 Å². The molecule has 0 radical (unpaired) electrons. The first-order valence-electron chi connectivity index (χ1n) is 12.7. The van der Waals surface area contributed by atoms with Gasteiger partial charge in [-0.3, -0.25) is 4.79 Å². The molecule has 1 aromatic heterocycles. The average molecular weight is 586 g/mol. The van der Waals surface area contributed by atoms with Crippen molar-refractivity contribution in [2.75, 3.05) is 24.2 Å². The molecule has 1 N–H and O–H groups in total. The summed E-state index contributed by atoms with van der Waals surface area (Å²) in [5, 5.41) is 11.4. The molecule has 0 bridgehead atoms. The number of nitrogens with zero attached hydrogens (tertiary/aromatic N) is 4. The molecule has 0 saturated heterocycles. The summed E-state index contributed by atoms with van der Waals surface area (Å²) in [7, 11) is -3.69. The highest BCUT2D eigenvalue weighted by molar-refractivity contribution is 7.99. The van der Waals surface area contributed by atoms with Gasteiger partial charge in [-0.25, -0.2) is 17.2 Å². The molecule has 0 aliphatic carbocycles. The highest BCUT2D eigenvalue weighted by Gasteiger charge is 2.23. The van der Waals surface area contributed by atoms with Gasteiger partial charge in [-0.05, 0) is 36.2 Å². The van der Waals surface area contributed by atoms with Crippen molar-refractivity contribution in [3.8, 4) is 11.4 Å². The maximum atomic E-state index is 14.0. The minimum atomic E-state index is -3.69. The maximum absolute atomic E-state index is 14.0. The van der Waals surface area contributed by atoms with Crippen molar-refractivity contribution in [1.82, 2.24) is 19.1 Å². The molecule has 0 spiro atoms. The molecule has 4 rings (SSSR count). The van der Waals surface area contributed by atoms with Crippen molar-refractivity contribution >= 4 is 33.4 Å². The van der Waals surface area contributed by atoms with Crippen LogP contribution >= 0.6 is 11.8 Å². The van der Waals surface area contributed by atoms with Gasteiger partial charge < -0.3 is 9.88 Å². The molecule has 40 heavy (non-hydrogen) atoms. The predicted octanol–water partition coefficient (Wildman–Crippen LogP) is 5.23. The quantitative estimate of drug-likeness (QED) is 0.229. The Hall–Kier alpha value is -3.61. The minimum absolute atomic E-state index is 0.129. The van der Waals surface area contributed by atoms with E-state index in [1.165, 1.54) is 4.31 Å². The van der Waals surface area contributed by atoms with E-state index in [1.54, 1.807) is 38.1 Å². The summed E-state index contributed by atoms with van der Waals surface area (Å²) in [5.41, 5.74) is 1.39. The van der Waals surface area contributed by atoms with Crippen LogP contribution in [0.5, 0.6) is 0 Å². The van der Waals surface area contributed by atoms with Crippen LogP contribution in [0, 0.1) is 11.6 Å². The summed E-state index contributed by atoms with van der Waals surface area (Å²) in [6.07, 6.45) is 0.636. The lowest BCUT2D eigenvalue weighted by molar-refractivity contribution is -0.113. The van der Waals surface area contributed by atoms with E-state index in [0.29, 0.717) is 42.6 Å². The molecule has 4 aromatic rings. The van der Waals surface area contributed by atoms with E-state index in [9.17, 15) is 22.0 Å². The van der Waals surface area contributed by atoms with Crippen molar-refractivity contribution in [1.29, 1.82) is 0 Å². The van der Waals surface area contributed by atoms with Crippen LogP contribution in [0.4, 0.5) is 14.5 Å². The Morgan fingerprint density at radius 2 is 1.73 bits per heavy atom. The molecule has 210 valence electrons. The molecule has 1 heterocycles. The fourth-order valence-corrected chi connectivity index (χ4v) is 6.38. The molecule has 12 heteroatoms.